The molecule has 0 atom stereocenters. The van der Waals surface area contributed by atoms with Crippen LogP contribution >= 0.6 is 0 Å². The van der Waals surface area contributed by atoms with Gasteiger partial charge in [-0.1, -0.05) is 6.07 Å². The Kier molecular flexibility index (Phi) is 7.39. The molecule has 0 spiro atoms. The van der Waals surface area contributed by atoms with Crippen LogP contribution in [-0.4, -0.2) is 58.7 Å². The first-order chi connectivity index (χ1) is 17.7. The van der Waals surface area contributed by atoms with Crippen molar-refractivity contribution in [2.24, 2.45) is 0 Å². The van der Waals surface area contributed by atoms with Crippen molar-refractivity contribution in [2.75, 3.05) is 38.2 Å². The SMILES string of the molecule is CCOc1cc(C(=O)Nc2ccc3nc(CN4CCOCC4)[nH]c3c2)ccc1OCc1cccnc1. The second kappa shape index (κ2) is 11.2. The van der Waals surface area contributed by atoms with Gasteiger partial charge in [0.15, 0.2) is 11.5 Å². The number of morpholine rings is 1. The summed E-state index contributed by atoms with van der Waals surface area (Å²) in [5.74, 6) is 1.76. The van der Waals surface area contributed by atoms with Gasteiger partial charge in [-0.15, -0.1) is 0 Å². The Hall–Kier alpha value is -3.95. The Bertz CT molecular complexity index is 1320. The van der Waals surface area contributed by atoms with Crippen molar-refractivity contribution in [1.82, 2.24) is 19.9 Å². The average molecular weight is 488 g/mol. The summed E-state index contributed by atoms with van der Waals surface area (Å²) < 4.78 is 17.1. The van der Waals surface area contributed by atoms with E-state index in [9.17, 15) is 4.79 Å². The first kappa shape index (κ1) is 23.8. The first-order valence-electron chi connectivity index (χ1n) is 12.1. The molecule has 2 aromatic carbocycles. The lowest BCUT2D eigenvalue weighted by Crippen LogP contribution is -2.35. The molecule has 36 heavy (non-hydrogen) atoms. The highest BCUT2D eigenvalue weighted by molar-refractivity contribution is 6.05. The molecule has 9 nitrogen and oxygen atoms in total. The molecule has 2 aromatic heterocycles. The van der Waals surface area contributed by atoms with Gasteiger partial charge >= 0.3 is 0 Å². The fraction of sp³-hybridized carbons (Fsp3) is 0.296. The van der Waals surface area contributed by atoms with Crippen LogP contribution in [0.15, 0.2) is 60.9 Å². The lowest BCUT2D eigenvalue weighted by Gasteiger charge is -2.25. The number of carbonyl (C=O) groups excluding carboxylic acids is 1. The highest BCUT2D eigenvalue weighted by atomic mass is 16.5. The normalized spacial score (nSPS) is 14.0. The van der Waals surface area contributed by atoms with E-state index in [1.165, 1.54) is 0 Å². The number of hydrogen-bond acceptors (Lipinski definition) is 7. The van der Waals surface area contributed by atoms with Crippen LogP contribution in [0.1, 0.15) is 28.7 Å². The molecule has 186 valence electrons. The highest BCUT2D eigenvalue weighted by Gasteiger charge is 2.15. The Morgan fingerprint density at radius 2 is 2.00 bits per heavy atom. The summed E-state index contributed by atoms with van der Waals surface area (Å²) in [6.45, 7) is 6.75. The number of carbonyl (C=O) groups is 1. The number of ether oxygens (including phenoxy) is 3. The Labute approximate surface area is 209 Å². The van der Waals surface area contributed by atoms with E-state index in [4.69, 9.17) is 14.2 Å². The number of hydrogen-bond donors (Lipinski definition) is 2. The molecule has 1 amide bonds. The van der Waals surface area contributed by atoms with E-state index in [1.807, 2.05) is 37.3 Å². The number of anilines is 1. The maximum atomic E-state index is 13.0. The quantitative estimate of drug-likeness (QED) is 0.368. The van der Waals surface area contributed by atoms with Gasteiger partial charge in [0, 0.05) is 42.3 Å². The Morgan fingerprint density at radius 1 is 1.11 bits per heavy atom. The van der Waals surface area contributed by atoms with Gasteiger partial charge in [0.05, 0.1) is 37.4 Å². The molecule has 0 saturated carbocycles. The standard InChI is InChI=1S/C27H29N5O4/c1-2-35-25-14-20(5-8-24(25)36-18-19-4-3-9-28-16-19)27(33)29-21-6-7-22-23(15-21)31-26(30-22)17-32-10-12-34-13-11-32/h3-9,14-16H,2,10-13,17-18H2,1H3,(H,29,33)(H,30,31). The Balaban J connectivity index is 1.26. The molecule has 0 unspecified atom stereocenters. The van der Waals surface area contributed by atoms with Gasteiger partial charge in [-0.3, -0.25) is 14.7 Å². The van der Waals surface area contributed by atoms with Gasteiger partial charge in [0.25, 0.3) is 5.91 Å². The van der Waals surface area contributed by atoms with Crippen molar-refractivity contribution in [2.45, 2.75) is 20.1 Å². The third-order valence-electron chi connectivity index (χ3n) is 5.89. The van der Waals surface area contributed by atoms with E-state index in [0.29, 0.717) is 36.0 Å². The molecule has 1 saturated heterocycles. The number of H-pyrrole nitrogens is 1. The zero-order valence-electron chi connectivity index (χ0n) is 20.2. The largest absolute Gasteiger partial charge is 0.490 e. The number of pyridine rings is 1. The maximum Gasteiger partial charge on any atom is 0.255 e. The molecule has 1 aliphatic heterocycles. The molecule has 2 N–H and O–H groups in total. The summed E-state index contributed by atoms with van der Waals surface area (Å²) >= 11 is 0. The van der Waals surface area contributed by atoms with Gasteiger partial charge in [0.1, 0.15) is 12.4 Å². The van der Waals surface area contributed by atoms with Crippen LogP contribution in [0.2, 0.25) is 0 Å². The van der Waals surface area contributed by atoms with E-state index in [-0.39, 0.29) is 5.91 Å². The topological polar surface area (TPSA) is 102 Å². The number of imidazole rings is 1. The van der Waals surface area contributed by atoms with Gasteiger partial charge in [0.2, 0.25) is 0 Å². The fourth-order valence-electron chi connectivity index (χ4n) is 4.07. The lowest BCUT2D eigenvalue weighted by atomic mass is 10.1. The van der Waals surface area contributed by atoms with Gasteiger partial charge < -0.3 is 24.5 Å². The van der Waals surface area contributed by atoms with Gasteiger partial charge in [-0.05, 0) is 49.4 Å². The molecule has 5 rings (SSSR count). The maximum absolute atomic E-state index is 13.0. The van der Waals surface area contributed by atoms with Crippen LogP contribution in [0.25, 0.3) is 11.0 Å². The second-order valence-electron chi connectivity index (χ2n) is 8.50. The molecule has 0 radical (unpaired) electrons. The number of amides is 1. The van der Waals surface area contributed by atoms with Gasteiger partial charge in [-0.2, -0.15) is 0 Å². The molecule has 3 heterocycles. The minimum Gasteiger partial charge on any atom is -0.490 e. The number of nitrogens with zero attached hydrogens (tertiary/aromatic N) is 3. The smallest absolute Gasteiger partial charge is 0.255 e. The van der Waals surface area contributed by atoms with E-state index in [1.54, 1.807) is 30.6 Å². The van der Waals surface area contributed by atoms with Crippen LogP contribution in [0.4, 0.5) is 5.69 Å². The minimum absolute atomic E-state index is 0.234. The van der Waals surface area contributed by atoms with Crippen molar-refractivity contribution in [3.05, 3.63) is 77.9 Å². The number of benzene rings is 2. The molecule has 9 heteroatoms. The molecular formula is C27H29N5O4. The van der Waals surface area contributed by atoms with Crippen molar-refractivity contribution >= 4 is 22.6 Å². The molecule has 1 fully saturated rings. The summed E-state index contributed by atoms with van der Waals surface area (Å²) in [4.78, 5) is 27.5. The predicted octanol–water partition coefficient (Wildman–Crippen LogP) is 4.02. The number of aromatic nitrogens is 3. The molecule has 1 aliphatic rings. The third-order valence-corrected chi connectivity index (χ3v) is 5.89. The molecular weight excluding hydrogens is 458 g/mol. The second-order valence-corrected chi connectivity index (χ2v) is 8.50. The number of rotatable bonds is 9. The van der Waals surface area contributed by atoms with E-state index in [2.05, 4.69) is 25.2 Å². The number of nitrogens with one attached hydrogen (secondary N) is 2. The monoisotopic (exact) mass is 487 g/mol. The predicted molar refractivity (Wildman–Crippen MR) is 136 cm³/mol. The molecule has 0 aliphatic carbocycles. The Morgan fingerprint density at radius 3 is 2.81 bits per heavy atom. The highest BCUT2D eigenvalue weighted by Crippen LogP contribution is 2.30. The van der Waals surface area contributed by atoms with E-state index < -0.39 is 0 Å². The van der Waals surface area contributed by atoms with Crippen molar-refractivity contribution < 1.29 is 19.0 Å². The summed E-state index contributed by atoms with van der Waals surface area (Å²) in [5.41, 5.74) is 3.85. The molecule has 0 bridgehead atoms. The van der Waals surface area contributed by atoms with Crippen LogP contribution in [0, 0.1) is 0 Å². The van der Waals surface area contributed by atoms with E-state index in [0.717, 1.165) is 55.3 Å². The first-order valence-corrected chi connectivity index (χ1v) is 12.1. The summed E-state index contributed by atoms with van der Waals surface area (Å²) in [6, 6.07) is 14.7. The fourth-order valence-corrected chi connectivity index (χ4v) is 4.07. The van der Waals surface area contributed by atoms with Crippen molar-refractivity contribution in [3.8, 4) is 11.5 Å². The lowest BCUT2D eigenvalue weighted by molar-refractivity contribution is 0.0332. The zero-order valence-corrected chi connectivity index (χ0v) is 20.2. The summed E-state index contributed by atoms with van der Waals surface area (Å²) in [6.07, 6.45) is 3.47. The van der Waals surface area contributed by atoms with Crippen LogP contribution in [0.5, 0.6) is 11.5 Å². The molecule has 4 aromatic rings. The van der Waals surface area contributed by atoms with Crippen LogP contribution in [-0.2, 0) is 17.9 Å². The summed E-state index contributed by atoms with van der Waals surface area (Å²) in [7, 11) is 0. The minimum atomic E-state index is -0.234. The number of aromatic amines is 1. The van der Waals surface area contributed by atoms with Crippen molar-refractivity contribution in [1.29, 1.82) is 0 Å². The number of fused-ring (bicyclic) bond motifs is 1. The average Bonchev–Trinajstić information content (AvgIpc) is 3.30. The third kappa shape index (κ3) is 5.81. The van der Waals surface area contributed by atoms with E-state index >= 15 is 0 Å². The van der Waals surface area contributed by atoms with Crippen LogP contribution in [0.3, 0.4) is 0 Å². The van der Waals surface area contributed by atoms with Crippen molar-refractivity contribution in [3.63, 3.8) is 0 Å². The summed E-state index contributed by atoms with van der Waals surface area (Å²) in [5, 5.41) is 2.97. The van der Waals surface area contributed by atoms with Crippen LogP contribution < -0.4 is 14.8 Å². The van der Waals surface area contributed by atoms with Gasteiger partial charge in [-0.25, -0.2) is 4.98 Å². The zero-order chi connectivity index (χ0) is 24.7.